The number of pyridine rings is 1. The molecule has 0 unspecified atom stereocenters. The zero-order chi connectivity index (χ0) is 10.8. The smallest absolute Gasteiger partial charge is 0.370 e. The van der Waals surface area contributed by atoms with Crippen molar-refractivity contribution in [3.05, 3.63) is 23.9 Å². The summed E-state index contributed by atoms with van der Waals surface area (Å²) in [5, 5.41) is 0. The number of rotatable bonds is 1. The third kappa shape index (κ3) is 2.61. The normalized spacial score (nSPS) is 11.1. The highest BCUT2D eigenvalue weighted by atomic mass is 19.4. The molecule has 7 heteroatoms. The molecule has 76 valence electrons. The van der Waals surface area contributed by atoms with Gasteiger partial charge in [0.15, 0.2) is 11.8 Å². The molecule has 0 aliphatic carbocycles. The molecule has 0 bridgehead atoms. The Balaban J connectivity index is 2.95. The van der Waals surface area contributed by atoms with Crippen LogP contribution in [0.1, 0.15) is 5.56 Å². The number of aromatic nitrogens is 1. The SMILES string of the molecule is NC(N)=Nc1ccc(C(F)(F)F)cn1. The van der Waals surface area contributed by atoms with E-state index in [1.807, 2.05) is 0 Å². The number of alkyl halides is 3. The summed E-state index contributed by atoms with van der Waals surface area (Å²) >= 11 is 0. The third-order valence-electron chi connectivity index (χ3n) is 1.32. The summed E-state index contributed by atoms with van der Waals surface area (Å²) in [6, 6.07) is 1.94. The van der Waals surface area contributed by atoms with Crippen molar-refractivity contribution in [1.82, 2.24) is 4.98 Å². The van der Waals surface area contributed by atoms with E-state index in [9.17, 15) is 13.2 Å². The molecule has 1 rings (SSSR count). The van der Waals surface area contributed by atoms with Gasteiger partial charge in [-0.05, 0) is 12.1 Å². The maximum absolute atomic E-state index is 12.1. The van der Waals surface area contributed by atoms with Gasteiger partial charge in [-0.25, -0.2) is 4.98 Å². The lowest BCUT2D eigenvalue weighted by molar-refractivity contribution is -0.137. The van der Waals surface area contributed by atoms with Gasteiger partial charge < -0.3 is 11.5 Å². The van der Waals surface area contributed by atoms with Gasteiger partial charge in [-0.1, -0.05) is 0 Å². The molecule has 0 aromatic carbocycles. The van der Waals surface area contributed by atoms with E-state index in [4.69, 9.17) is 11.5 Å². The molecule has 4 nitrogen and oxygen atoms in total. The van der Waals surface area contributed by atoms with Crippen molar-refractivity contribution < 1.29 is 13.2 Å². The van der Waals surface area contributed by atoms with Crippen LogP contribution in [-0.4, -0.2) is 10.9 Å². The number of halogens is 3. The van der Waals surface area contributed by atoms with E-state index in [1.54, 1.807) is 0 Å². The Labute approximate surface area is 77.5 Å². The fraction of sp³-hybridized carbons (Fsp3) is 0.143. The number of hydrogen-bond acceptors (Lipinski definition) is 2. The average molecular weight is 204 g/mol. The van der Waals surface area contributed by atoms with Crippen molar-refractivity contribution in [2.45, 2.75) is 6.18 Å². The highest BCUT2D eigenvalue weighted by Gasteiger charge is 2.30. The Kier molecular flexibility index (Phi) is 2.59. The van der Waals surface area contributed by atoms with Crippen LogP contribution in [0.5, 0.6) is 0 Å². The molecule has 1 heterocycles. The predicted molar refractivity (Wildman–Crippen MR) is 44.7 cm³/mol. The quantitative estimate of drug-likeness (QED) is 0.529. The van der Waals surface area contributed by atoms with Crippen LogP contribution in [-0.2, 0) is 6.18 Å². The number of nitrogens with zero attached hydrogens (tertiary/aromatic N) is 2. The summed E-state index contributed by atoms with van der Waals surface area (Å²) < 4.78 is 36.2. The minimum atomic E-state index is -4.40. The summed E-state index contributed by atoms with van der Waals surface area (Å²) in [5.74, 6) is -0.213. The number of aliphatic imine (C=N–C) groups is 1. The minimum absolute atomic E-state index is 0.0398. The summed E-state index contributed by atoms with van der Waals surface area (Å²) in [6.45, 7) is 0. The van der Waals surface area contributed by atoms with Crippen LogP contribution in [0, 0.1) is 0 Å². The summed E-state index contributed by atoms with van der Waals surface area (Å²) in [6.07, 6.45) is -3.73. The van der Waals surface area contributed by atoms with Gasteiger partial charge in [0.25, 0.3) is 0 Å². The van der Waals surface area contributed by atoms with Crippen LogP contribution >= 0.6 is 0 Å². The molecule has 0 radical (unpaired) electrons. The van der Waals surface area contributed by atoms with E-state index < -0.39 is 11.7 Å². The van der Waals surface area contributed by atoms with Crippen molar-refractivity contribution in [2.75, 3.05) is 0 Å². The van der Waals surface area contributed by atoms with Crippen molar-refractivity contribution in [2.24, 2.45) is 16.5 Å². The molecule has 0 spiro atoms. The van der Waals surface area contributed by atoms with Gasteiger partial charge in [0.1, 0.15) is 0 Å². The zero-order valence-corrected chi connectivity index (χ0v) is 6.92. The van der Waals surface area contributed by atoms with Crippen LogP contribution in [0.15, 0.2) is 23.3 Å². The Bertz CT molecular complexity index is 337. The van der Waals surface area contributed by atoms with Gasteiger partial charge in [-0.3, -0.25) is 0 Å². The van der Waals surface area contributed by atoms with Gasteiger partial charge in [0, 0.05) is 6.20 Å². The first-order valence-electron chi connectivity index (χ1n) is 3.52. The molecule has 0 fully saturated rings. The van der Waals surface area contributed by atoms with Gasteiger partial charge in [-0.2, -0.15) is 18.2 Å². The van der Waals surface area contributed by atoms with Crippen LogP contribution in [0.2, 0.25) is 0 Å². The standard InChI is InChI=1S/C7H7F3N4/c8-7(9,10)4-1-2-5(13-3-4)14-6(11)12/h1-3H,(H4,11,12,13,14). The topological polar surface area (TPSA) is 77.3 Å². The maximum Gasteiger partial charge on any atom is 0.417 e. The Morgan fingerprint density at radius 3 is 2.29 bits per heavy atom. The van der Waals surface area contributed by atoms with Gasteiger partial charge >= 0.3 is 6.18 Å². The van der Waals surface area contributed by atoms with E-state index in [-0.39, 0.29) is 11.8 Å². The van der Waals surface area contributed by atoms with E-state index in [0.29, 0.717) is 6.20 Å². The fourth-order valence-corrected chi connectivity index (χ4v) is 0.752. The summed E-state index contributed by atoms with van der Waals surface area (Å²) in [4.78, 5) is 6.89. The highest BCUT2D eigenvalue weighted by Crippen LogP contribution is 2.29. The number of hydrogen-bond donors (Lipinski definition) is 2. The fourth-order valence-electron chi connectivity index (χ4n) is 0.752. The van der Waals surface area contributed by atoms with Crippen molar-refractivity contribution in [1.29, 1.82) is 0 Å². The highest BCUT2D eigenvalue weighted by molar-refractivity contribution is 5.78. The predicted octanol–water partition coefficient (Wildman–Crippen LogP) is 1.01. The second-order valence-electron chi connectivity index (χ2n) is 2.44. The monoisotopic (exact) mass is 204 g/mol. The second-order valence-corrected chi connectivity index (χ2v) is 2.44. The zero-order valence-electron chi connectivity index (χ0n) is 6.92. The van der Waals surface area contributed by atoms with Crippen molar-refractivity contribution in [3.63, 3.8) is 0 Å². The number of nitrogens with two attached hydrogens (primary N) is 2. The van der Waals surface area contributed by atoms with Crippen molar-refractivity contribution in [3.8, 4) is 0 Å². The van der Waals surface area contributed by atoms with Crippen molar-refractivity contribution >= 4 is 11.8 Å². The molecule has 0 aliphatic rings. The first kappa shape index (κ1) is 10.3. The van der Waals surface area contributed by atoms with Crippen LogP contribution in [0.3, 0.4) is 0 Å². The molecule has 0 saturated carbocycles. The average Bonchev–Trinajstić information content (AvgIpc) is 2.02. The molecule has 1 aromatic rings. The van der Waals surface area contributed by atoms with E-state index in [2.05, 4.69) is 9.98 Å². The van der Waals surface area contributed by atoms with E-state index in [0.717, 1.165) is 12.1 Å². The van der Waals surface area contributed by atoms with Crippen LogP contribution in [0.4, 0.5) is 19.0 Å². The second kappa shape index (κ2) is 3.52. The Morgan fingerprint density at radius 1 is 1.29 bits per heavy atom. The molecule has 1 aromatic heterocycles. The van der Waals surface area contributed by atoms with E-state index in [1.165, 1.54) is 0 Å². The molecule has 0 aliphatic heterocycles. The first-order valence-corrected chi connectivity index (χ1v) is 3.52. The Morgan fingerprint density at radius 2 is 1.93 bits per heavy atom. The van der Waals surface area contributed by atoms with E-state index >= 15 is 0 Å². The number of guanidine groups is 1. The molecule has 14 heavy (non-hydrogen) atoms. The lowest BCUT2D eigenvalue weighted by atomic mass is 10.3. The molecule has 0 amide bonds. The molecular formula is C7H7F3N4. The lowest BCUT2D eigenvalue weighted by Gasteiger charge is -2.04. The Hall–Kier alpha value is -1.79. The van der Waals surface area contributed by atoms with Crippen LogP contribution < -0.4 is 11.5 Å². The van der Waals surface area contributed by atoms with Gasteiger partial charge in [0.2, 0.25) is 0 Å². The van der Waals surface area contributed by atoms with Crippen LogP contribution in [0.25, 0.3) is 0 Å². The van der Waals surface area contributed by atoms with Gasteiger partial charge in [0.05, 0.1) is 5.56 Å². The molecular weight excluding hydrogens is 197 g/mol. The third-order valence-corrected chi connectivity index (χ3v) is 1.32. The first-order chi connectivity index (χ1) is 6.39. The molecule has 0 saturated heterocycles. The largest absolute Gasteiger partial charge is 0.417 e. The minimum Gasteiger partial charge on any atom is -0.370 e. The molecule has 4 N–H and O–H groups in total. The summed E-state index contributed by atoms with van der Waals surface area (Å²) in [7, 11) is 0. The maximum atomic E-state index is 12.1. The molecule has 0 atom stereocenters. The lowest BCUT2D eigenvalue weighted by Crippen LogP contribution is -2.22. The van der Waals surface area contributed by atoms with Gasteiger partial charge in [-0.15, -0.1) is 0 Å². The summed E-state index contributed by atoms with van der Waals surface area (Å²) in [5.41, 5.74) is 9.19.